The molecular formula is C11H12O4. The largest absolute Gasteiger partial charge is 0.479 e. The number of hydrogen-bond donors (Lipinski definition) is 2. The smallest absolute Gasteiger partial charge is 0.335 e. The minimum atomic E-state index is -2.01. The van der Waals surface area contributed by atoms with Gasteiger partial charge in [-0.2, -0.15) is 0 Å². The van der Waals surface area contributed by atoms with Gasteiger partial charge in [-0.05, 0) is 6.92 Å². The maximum absolute atomic E-state index is 11.5. The monoisotopic (exact) mass is 208 g/mol. The second kappa shape index (κ2) is 4.23. The normalized spacial score (nSPS) is 14.3. The highest BCUT2D eigenvalue weighted by molar-refractivity contribution is 5.99. The molecule has 0 aromatic heterocycles. The van der Waals surface area contributed by atoms with E-state index in [1.165, 1.54) is 0 Å². The number of carbonyl (C=O) groups is 2. The summed E-state index contributed by atoms with van der Waals surface area (Å²) in [5.41, 5.74) is -1.61. The van der Waals surface area contributed by atoms with Crippen LogP contribution in [0.1, 0.15) is 23.7 Å². The molecule has 0 saturated heterocycles. The molecule has 0 radical (unpaired) electrons. The minimum absolute atomic E-state index is 0.386. The van der Waals surface area contributed by atoms with Gasteiger partial charge in [0.2, 0.25) is 0 Å². The molecule has 0 aliphatic carbocycles. The summed E-state index contributed by atoms with van der Waals surface area (Å²) in [7, 11) is 0. The van der Waals surface area contributed by atoms with Crippen molar-refractivity contribution in [3.8, 4) is 0 Å². The highest BCUT2D eigenvalue weighted by Crippen LogP contribution is 2.14. The highest BCUT2D eigenvalue weighted by atomic mass is 16.4. The SMILES string of the molecule is C[C@@](O)(CC(=O)c1ccccc1)C(=O)O. The molecule has 0 bridgehead atoms. The van der Waals surface area contributed by atoms with Crippen LogP contribution in [0.2, 0.25) is 0 Å². The zero-order valence-electron chi connectivity index (χ0n) is 8.30. The van der Waals surface area contributed by atoms with Gasteiger partial charge in [-0.25, -0.2) is 4.79 Å². The van der Waals surface area contributed by atoms with Crippen LogP contribution in [-0.4, -0.2) is 27.6 Å². The van der Waals surface area contributed by atoms with Crippen molar-refractivity contribution in [2.75, 3.05) is 0 Å². The van der Waals surface area contributed by atoms with Crippen LogP contribution < -0.4 is 0 Å². The van der Waals surface area contributed by atoms with E-state index < -0.39 is 18.0 Å². The van der Waals surface area contributed by atoms with E-state index >= 15 is 0 Å². The van der Waals surface area contributed by atoms with Crippen molar-refractivity contribution in [3.63, 3.8) is 0 Å². The minimum Gasteiger partial charge on any atom is -0.479 e. The van der Waals surface area contributed by atoms with E-state index in [1.54, 1.807) is 30.3 Å². The fourth-order valence-electron chi connectivity index (χ4n) is 1.11. The number of rotatable bonds is 4. The third kappa shape index (κ3) is 2.89. The van der Waals surface area contributed by atoms with Gasteiger partial charge in [0.1, 0.15) is 0 Å². The Morgan fingerprint density at radius 1 is 1.27 bits per heavy atom. The Kier molecular flexibility index (Phi) is 3.21. The summed E-state index contributed by atoms with van der Waals surface area (Å²) in [6.45, 7) is 1.11. The van der Waals surface area contributed by atoms with Crippen LogP contribution in [0.15, 0.2) is 30.3 Å². The van der Waals surface area contributed by atoms with Crippen molar-refractivity contribution in [2.24, 2.45) is 0 Å². The average molecular weight is 208 g/mol. The second-order valence-corrected chi connectivity index (χ2v) is 3.54. The summed E-state index contributed by atoms with van der Waals surface area (Å²) in [4.78, 5) is 22.1. The lowest BCUT2D eigenvalue weighted by Gasteiger charge is -2.16. The van der Waals surface area contributed by atoms with Gasteiger partial charge in [-0.1, -0.05) is 30.3 Å². The maximum atomic E-state index is 11.5. The zero-order chi connectivity index (χ0) is 11.5. The topological polar surface area (TPSA) is 74.6 Å². The van der Waals surface area contributed by atoms with Gasteiger partial charge in [0.15, 0.2) is 11.4 Å². The Labute approximate surface area is 87.2 Å². The van der Waals surface area contributed by atoms with E-state index in [0.29, 0.717) is 5.56 Å². The standard InChI is InChI=1S/C11H12O4/c1-11(15,10(13)14)7-9(12)8-5-3-2-4-6-8/h2-6,15H,7H2,1H3,(H,13,14)/t11-/m1/s1. The summed E-state index contributed by atoms with van der Waals surface area (Å²) < 4.78 is 0. The van der Waals surface area contributed by atoms with Gasteiger partial charge in [-0.15, -0.1) is 0 Å². The molecule has 1 atom stereocenters. The summed E-state index contributed by atoms with van der Waals surface area (Å²) in [5, 5.41) is 18.0. The molecule has 4 nitrogen and oxygen atoms in total. The summed E-state index contributed by atoms with van der Waals surface area (Å²) in [6.07, 6.45) is -0.424. The fourth-order valence-corrected chi connectivity index (χ4v) is 1.11. The third-order valence-electron chi connectivity index (χ3n) is 2.06. The number of carbonyl (C=O) groups excluding carboxylic acids is 1. The van der Waals surface area contributed by atoms with Crippen molar-refractivity contribution in [3.05, 3.63) is 35.9 Å². The van der Waals surface area contributed by atoms with Gasteiger partial charge in [0.25, 0.3) is 0 Å². The number of carboxylic acid groups (broad SMARTS) is 1. The Hall–Kier alpha value is -1.68. The van der Waals surface area contributed by atoms with Gasteiger partial charge in [-0.3, -0.25) is 4.79 Å². The van der Waals surface area contributed by atoms with Crippen molar-refractivity contribution in [1.82, 2.24) is 0 Å². The number of carboxylic acids is 1. The molecule has 0 spiro atoms. The first kappa shape index (κ1) is 11.4. The van der Waals surface area contributed by atoms with Gasteiger partial charge in [0, 0.05) is 5.56 Å². The summed E-state index contributed by atoms with van der Waals surface area (Å²) >= 11 is 0. The van der Waals surface area contributed by atoms with Gasteiger partial charge in [0.05, 0.1) is 6.42 Å². The molecule has 2 N–H and O–H groups in total. The first-order chi connectivity index (χ1) is 6.93. The number of Topliss-reactive ketones (excluding diaryl/α,β-unsaturated/α-hetero) is 1. The first-order valence-corrected chi connectivity index (χ1v) is 4.47. The van der Waals surface area contributed by atoms with Crippen LogP contribution in [0.25, 0.3) is 0 Å². The molecule has 1 aromatic rings. The predicted octanol–water partition coefficient (Wildman–Crippen LogP) is 1.09. The number of benzene rings is 1. The lowest BCUT2D eigenvalue weighted by atomic mass is 9.96. The molecule has 0 unspecified atom stereocenters. The zero-order valence-corrected chi connectivity index (χ0v) is 8.30. The van der Waals surface area contributed by atoms with E-state index in [9.17, 15) is 14.7 Å². The van der Waals surface area contributed by atoms with Crippen molar-refractivity contribution in [1.29, 1.82) is 0 Å². The quantitative estimate of drug-likeness (QED) is 0.726. The predicted molar refractivity (Wildman–Crippen MR) is 53.6 cm³/mol. The average Bonchev–Trinajstić information content (AvgIpc) is 2.18. The fraction of sp³-hybridized carbons (Fsp3) is 0.273. The van der Waals surface area contributed by atoms with Crippen LogP contribution in [-0.2, 0) is 4.79 Å². The maximum Gasteiger partial charge on any atom is 0.335 e. The molecule has 15 heavy (non-hydrogen) atoms. The summed E-state index contributed by atoms with van der Waals surface area (Å²) in [5.74, 6) is -1.78. The molecule has 1 aromatic carbocycles. The van der Waals surface area contributed by atoms with E-state index in [0.717, 1.165) is 6.92 Å². The van der Waals surface area contributed by atoms with E-state index in [4.69, 9.17) is 5.11 Å². The van der Waals surface area contributed by atoms with Crippen LogP contribution in [0.4, 0.5) is 0 Å². The molecule has 0 heterocycles. The van der Waals surface area contributed by atoms with Crippen LogP contribution >= 0.6 is 0 Å². The van der Waals surface area contributed by atoms with Crippen LogP contribution in [0.5, 0.6) is 0 Å². The molecule has 0 amide bonds. The molecule has 0 saturated carbocycles. The van der Waals surface area contributed by atoms with Crippen molar-refractivity contribution < 1.29 is 19.8 Å². The number of aliphatic carboxylic acids is 1. The Balaban J connectivity index is 2.77. The molecule has 80 valence electrons. The molecule has 0 aliphatic rings. The Morgan fingerprint density at radius 3 is 2.27 bits per heavy atom. The van der Waals surface area contributed by atoms with E-state index in [1.807, 2.05) is 0 Å². The molecule has 1 rings (SSSR count). The number of ketones is 1. The Bertz CT molecular complexity index is 367. The lowest BCUT2D eigenvalue weighted by Crippen LogP contribution is -2.37. The number of aliphatic hydroxyl groups is 1. The molecule has 0 fully saturated rings. The lowest BCUT2D eigenvalue weighted by molar-refractivity contribution is -0.156. The highest BCUT2D eigenvalue weighted by Gasteiger charge is 2.32. The molecule has 0 aliphatic heterocycles. The summed E-state index contributed by atoms with van der Waals surface area (Å²) in [6, 6.07) is 8.29. The van der Waals surface area contributed by atoms with Crippen molar-refractivity contribution >= 4 is 11.8 Å². The van der Waals surface area contributed by atoms with E-state index in [2.05, 4.69) is 0 Å². The van der Waals surface area contributed by atoms with Crippen LogP contribution in [0, 0.1) is 0 Å². The first-order valence-electron chi connectivity index (χ1n) is 4.47. The molecule has 4 heteroatoms. The van der Waals surface area contributed by atoms with Crippen molar-refractivity contribution in [2.45, 2.75) is 18.9 Å². The third-order valence-corrected chi connectivity index (χ3v) is 2.06. The second-order valence-electron chi connectivity index (χ2n) is 3.54. The molecular weight excluding hydrogens is 196 g/mol. The number of hydrogen-bond acceptors (Lipinski definition) is 3. The van der Waals surface area contributed by atoms with E-state index in [-0.39, 0.29) is 5.78 Å². The van der Waals surface area contributed by atoms with Gasteiger partial charge >= 0.3 is 5.97 Å². The van der Waals surface area contributed by atoms with Crippen LogP contribution in [0.3, 0.4) is 0 Å². The van der Waals surface area contributed by atoms with Gasteiger partial charge < -0.3 is 10.2 Å². The Morgan fingerprint density at radius 2 is 1.80 bits per heavy atom.